The minimum atomic E-state index is -4.42. The fourth-order valence-corrected chi connectivity index (χ4v) is 9.17. The lowest BCUT2D eigenvalue weighted by Gasteiger charge is -2.34. The molecule has 3 aliphatic heterocycles. The van der Waals surface area contributed by atoms with E-state index in [1.807, 2.05) is 13.0 Å². The van der Waals surface area contributed by atoms with Crippen molar-refractivity contribution >= 4 is 50.7 Å². The first-order valence-corrected chi connectivity index (χ1v) is 22.7. The van der Waals surface area contributed by atoms with Crippen LogP contribution in [0.1, 0.15) is 30.2 Å². The third kappa shape index (κ3) is 11.3. The van der Waals surface area contributed by atoms with Gasteiger partial charge in [0.25, 0.3) is 5.91 Å². The number of likely N-dealkylation sites (N-methyl/N-ethyl adjacent to an activating group) is 1. The van der Waals surface area contributed by atoms with E-state index in [2.05, 4.69) is 36.8 Å². The average Bonchev–Trinajstić information content (AvgIpc) is 3.69. The van der Waals surface area contributed by atoms with Crippen LogP contribution in [0.25, 0.3) is 31.8 Å². The highest BCUT2D eigenvalue weighted by molar-refractivity contribution is 7.22. The van der Waals surface area contributed by atoms with Crippen molar-refractivity contribution in [3.63, 3.8) is 0 Å². The Hall–Kier alpha value is -6.15. The van der Waals surface area contributed by atoms with Gasteiger partial charge < -0.3 is 33.5 Å². The Morgan fingerprint density at radius 2 is 1.78 bits per heavy atom. The standard InChI is InChI=1S/C47H46ClF4N7O7S/c1-4-62-45(61)37-24-30-23-33(9-12-36(30)65-25-32-13-15-53-46(56-32)63-22-14-47(50,51)52)64-26-38(60)59(21-20-58-18-16-57(3)17-19-58)35-11-10-34(28(2)41(35)48)39-40-43(66-37)54-27-55-44(40)67-42(39)29-5-7-31(49)8-6-29/h5-13,15,23,27,37H,4,14,16-22,24-26H2,1-3H3/t37-/m1/s1. The van der Waals surface area contributed by atoms with E-state index in [9.17, 15) is 27.2 Å². The summed E-state index contributed by atoms with van der Waals surface area (Å²) in [6, 6.07) is 15.8. The highest BCUT2D eigenvalue weighted by atomic mass is 35.5. The van der Waals surface area contributed by atoms with Crippen molar-refractivity contribution in [2.24, 2.45) is 0 Å². The summed E-state index contributed by atoms with van der Waals surface area (Å²) in [6.45, 7) is 6.69. The number of thiophene rings is 1. The first-order valence-electron chi connectivity index (χ1n) is 21.5. The highest BCUT2D eigenvalue weighted by Gasteiger charge is 2.32. The number of hydrogen-bond donors (Lipinski definition) is 0. The minimum absolute atomic E-state index is 0.0291. The van der Waals surface area contributed by atoms with Crippen molar-refractivity contribution in [1.29, 1.82) is 0 Å². The van der Waals surface area contributed by atoms with E-state index in [4.69, 9.17) is 35.3 Å². The first-order chi connectivity index (χ1) is 32.2. The zero-order valence-electron chi connectivity index (χ0n) is 36.8. The number of carbonyl (C=O) groups is 2. The van der Waals surface area contributed by atoms with Crippen molar-refractivity contribution in [2.75, 3.05) is 71.0 Å². The summed E-state index contributed by atoms with van der Waals surface area (Å²) in [5.74, 6) is -0.889. The molecule has 1 saturated heterocycles. The number of benzene rings is 3. The van der Waals surface area contributed by atoms with E-state index in [1.165, 1.54) is 42.1 Å². The molecular weight excluding hydrogens is 918 g/mol. The molecule has 14 nitrogen and oxygen atoms in total. The van der Waals surface area contributed by atoms with Crippen LogP contribution in [0.3, 0.4) is 0 Å². The summed E-state index contributed by atoms with van der Waals surface area (Å²) in [5, 5.41) is 0.792. The van der Waals surface area contributed by atoms with Crippen LogP contribution < -0.4 is 23.8 Å². The number of anilines is 1. The van der Waals surface area contributed by atoms with Crippen LogP contribution in [0.4, 0.5) is 23.2 Å². The van der Waals surface area contributed by atoms with Gasteiger partial charge in [-0.05, 0) is 80.1 Å². The molecule has 4 bridgehead atoms. The molecule has 6 aromatic rings. The van der Waals surface area contributed by atoms with Crippen LogP contribution in [0.2, 0.25) is 5.02 Å². The highest BCUT2D eigenvalue weighted by Crippen LogP contribution is 2.50. The largest absolute Gasteiger partial charge is 0.487 e. The lowest BCUT2D eigenvalue weighted by atomic mass is 9.95. The number of nitrogens with zero attached hydrogens (tertiary/aromatic N) is 7. The molecule has 0 radical (unpaired) electrons. The Morgan fingerprint density at radius 3 is 2.54 bits per heavy atom. The second-order valence-corrected chi connectivity index (χ2v) is 17.3. The number of ether oxygens (including phenoxy) is 5. The number of fused-ring (bicyclic) bond motifs is 7. The summed E-state index contributed by atoms with van der Waals surface area (Å²) in [4.78, 5) is 53.1. The number of piperazine rings is 1. The molecule has 67 heavy (non-hydrogen) atoms. The normalized spacial score (nSPS) is 16.1. The topological polar surface area (TPSA) is 142 Å². The molecule has 3 aromatic carbocycles. The summed E-state index contributed by atoms with van der Waals surface area (Å²) in [5.41, 5.74) is 3.79. The van der Waals surface area contributed by atoms with E-state index < -0.39 is 37.1 Å². The average molecular weight is 964 g/mol. The summed E-state index contributed by atoms with van der Waals surface area (Å²) < 4.78 is 82.4. The van der Waals surface area contributed by atoms with Gasteiger partial charge in [-0.2, -0.15) is 18.2 Å². The van der Waals surface area contributed by atoms with Gasteiger partial charge in [0.15, 0.2) is 6.61 Å². The van der Waals surface area contributed by atoms with Crippen molar-refractivity contribution in [2.45, 2.75) is 45.6 Å². The summed E-state index contributed by atoms with van der Waals surface area (Å²) in [6.07, 6.45) is -4.41. The second-order valence-electron chi connectivity index (χ2n) is 15.9. The van der Waals surface area contributed by atoms with Gasteiger partial charge in [-0.15, -0.1) is 11.3 Å². The van der Waals surface area contributed by atoms with Crippen molar-refractivity contribution in [3.05, 3.63) is 101 Å². The predicted molar refractivity (Wildman–Crippen MR) is 244 cm³/mol. The van der Waals surface area contributed by atoms with Gasteiger partial charge in [0.2, 0.25) is 12.0 Å². The quantitative estimate of drug-likeness (QED) is 0.0858. The number of amides is 1. The molecule has 0 unspecified atom stereocenters. The Morgan fingerprint density at radius 1 is 0.985 bits per heavy atom. The van der Waals surface area contributed by atoms with Crippen LogP contribution in [0.15, 0.2) is 73.2 Å². The van der Waals surface area contributed by atoms with Gasteiger partial charge in [-0.3, -0.25) is 9.69 Å². The third-order valence-corrected chi connectivity index (χ3v) is 12.9. The van der Waals surface area contributed by atoms with E-state index in [0.717, 1.165) is 26.2 Å². The Kier molecular flexibility index (Phi) is 14.7. The monoisotopic (exact) mass is 963 g/mol. The Balaban J connectivity index is 1.23. The number of hydrogen-bond acceptors (Lipinski definition) is 14. The molecule has 0 spiro atoms. The number of esters is 1. The minimum Gasteiger partial charge on any atom is -0.487 e. The van der Waals surface area contributed by atoms with Crippen LogP contribution in [0.5, 0.6) is 23.4 Å². The molecule has 0 aliphatic carbocycles. The van der Waals surface area contributed by atoms with E-state index >= 15 is 0 Å². The number of halogens is 5. The lowest BCUT2D eigenvalue weighted by Crippen LogP contribution is -2.48. The zero-order chi connectivity index (χ0) is 47.2. The fraction of sp³-hybridized carbons (Fsp3) is 0.362. The molecule has 1 atom stereocenters. The van der Waals surface area contributed by atoms with Gasteiger partial charge in [0.05, 0.1) is 34.8 Å². The van der Waals surface area contributed by atoms with Crippen LogP contribution >= 0.6 is 22.9 Å². The summed E-state index contributed by atoms with van der Waals surface area (Å²) in [7, 11) is 2.08. The Bertz CT molecular complexity index is 2740. The molecule has 6 heterocycles. The molecular formula is C47H46ClF4N7O7S. The van der Waals surface area contributed by atoms with Gasteiger partial charge in [0, 0.05) is 67.9 Å². The lowest BCUT2D eigenvalue weighted by molar-refractivity contribution is -0.151. The molecule has 3 aromatic heterocycles. The molecule has 9 rings (SSSR count). The number of carbonyl (C=O) groups excluding carboxylic acids is 2. The van der Waals surface area contributed by atoms with E-state index in [-0.39, 0.29) is 55.5 Å². The predicted octanol–water partition coefficient (Wildman–Crippen LogP) is 8.35. The SMILES string of the molecule is CCOC(=O)[C@H]1Cc2cc(ccc2OCc2ccnc(OCCC(F)(F)F)n2)OCC(=O)N(CCN2CCN(C)CC2)c2ccc(c(C)c2Cl)-c2c(-c3ccc(F)cc3)sc3ncnc(c23)O1. The van der Waals surface area contributed by atoms with Crippen molar-refractivity contribution < 1.29 is 50.8 Å². The van der Waals surface area contributed by atoms with Gasteiger partial charge in [0.1, 0.15) is 41.7 Å². The molecule has 3 aliphatic rings. The first kappa shape index (κ1) is 47.3. The summed E-state index contributed by atoms with van der Waals surface area (Å²) >= 11 is 8.66. The van der Waals surface area contributed by atoms with Crippen molar-refractivity contribution in [3.8, 4) is 45.0 Å². The van der Waals surface area contributed by atoms with E-state index in [1.54, 1.807) is 48.2 Å². The molecule has 352 valence electrons. The van der Waals surface area contributed by atoms with Crippen molar-refractivity contribution in [1.82, 2.24) is 29.7 Å². The zero-order valence-corrected chi connectivity index (χ0v) is 38.3. The van der Waals surface area contributed by atoms with Crippen LogP contribution in [-0.4, -0.2) is 120 Å². The molecule has 1 amide bonds. The maximum absolute atomic E-state index is 14.4. The number of aromatic nitrogens is 4. The molecule has 0 saturated carbocycles. The number of rotatable bonds is 12. The fourth-order valence-electron chi connectivity index (χ4n) is 7.75. The van der Waals surface area contributed by atoms with Gasteiger partial charge in [-0.1, -0.05) is 29.8 Å². The molecule has 20 heteroatoms. The van der Waals surface area contributed by atoms with Gasteiger partial charge in [-0.25, -0.2) is 24.1 Å². The van der Waals surface area contributed by atoms with Gasteiger partial charge >= 0.3 is 18.2 Å². The third-order valence-electron chi connectivity index (χ3n) is 11.3. The molecule has 0 N–H and O–H groups in total. The maximum atomic E-state index is 14.4. The second kappa shape index (κ2) is 20.8. The maximum Gasteiger partial charge on any atom is 0.392 e. The van der Waals surface area contributed by atoms with Crippen LogP contribution in [-0.2, 0) is 27.4 Å². The molecule has 1 fully saturated rings. The smallest absolute Gasteiger partial charge is 0.392 e. The number of alkyl halides is 3. The van der Waals surface area contributed by atoms with E-state index in [0.29, 0.717) is 72.4 Å². The van der Waals surface area contributed by atoms with Crippen LogP contribution in [0, 0.1) is 12.7 Å². The Labute approximate surface area is 392 Å².